The van der Waals surface area contributed by atoms with Crippen LogP contribution in [-0.2, 0) is 9.53 Å². The molecule has 0 heterocycles. The molecule has 0 rings (SSSR count). The van der Waals surface area contributed by atoms with Crippen molar-refractivity contribution in [2.45, 2.75) is 53.2 Å². The van der Waals surface area contributed by atoms with Gasteiger partial charge in [-0.2, -0.15) is 0 Å². The van der Waals surface area contributed by atoms with Crippen molar-refractivity contribution in [2.24, 2.45) is 0 Å². The number of Topliss-reactive ketones (excluding diaryl/α,β-unsaturated/α-hetero) is 1. The van der Waals surface area contributed by atoms with Crippen LogP contribution in [0.15, 0.2) is 0 Å². The number of amides is 1. The van der Waals surface area contributed by atoms with Gasteiger partial charge in [-0.25, -0.2) is 4.79 Å². The van der Waals surface area contributed by atoms with Crippen LogP contribution in [0.4, 0.5) is 4.79 Å². The highest BCUT2D eigenvalue weighted by Crippen LogP contribution is 2.11. The van der Waals surface area contributed by atoms with Gasteiger partial charge in [-0.15, -0.1) is 0 Å². The van der Waals surface area contributed by atoms with Crippen LogP contribution >= 0.6 is 0 Å². The SMILES string of the molecule is CC(=O)CN(C(=O)OC(C)(C)C)C(C)C. The zero-order valence-corrected chi connectivity index (χ0v) is 10.5. The van der Waals surface area contributed by atoms with Gasteiger partial charge in [0.15, 0.2) is 0 Å². The molecule has 0 saturated heterocycles. The maximum atomic E-state index is 11.7. The lowest BCUT2D eigenvalue weighted by molar-refractivity contribution is -0.118. The zero-order chi connectivity index (χ0) is 12.2. The van der Waals surface area contributed by atoms with Crippen molar-refractivity contribution in [3.63, 3.8) is 0 Å². The van der Waals surface area contributed by atoms with E-state index < -0.39 is 11.7 Å². The second-order valence-corrected chi connectivity index (χ2v) is 4.90. The molecule has 15 heavy (non-hydrogen) atoms. The number of carbonyl (C=O) groups is 2. The third kappa shape index (κ3) is 6.10. The third-order valence-corrected chi connectivity index (χ3v) is 1.64. The summed E-state index contributed by atoms with van der Waals surface area (Å²) < 4.78 is 5.20. The van der Waals surface area contributed by atoms with Gasteiger partial charge in [0.25, 0.3) is 0 Å². The van der Waals surface area contributed by atoms with Crippen molar-refractivity contribution in [3.8, 4) is 0 Å². The fourth-order valence-corrected chi connectivity index (χ4v) is 1.02. The Morgan fingerprint density at radius 2 is 1.73 bits per heavy atom. The first-order valence-corrected chi connectivity index (χ1v) is 5.12. The van der Waals surface area contributed by atoms with E-state index in [1.54, 1.807) is 20.8 Å². The van der Waals surface area contributed by atoms with Crippen molar-refractivity contribution in [1.82, 2.24) is 4.90 Å². The molecule has 0 unspecified atom stereocenters. The van der Waals surface area contributed by atoms with Gasteiger partial charge in [0.2, 0.25) is 0 Å². The second-order valence-electron chi connectivity index (χ2n) is 4.90. The Hall–Kier alpha value is -1.06. The van der Waals surface area contributed by atoms with Gasteiger partial charge in [-0.1, -0.05) is 0 Å². The average molecular weight is 215 g/mol. The van der Waals surface area contributed by atoms with Crippen LogP contribution in [0.25, 0.3) is 0 Å². The van der Waals surface area contributed by atoms with Crippen LogP contribution < -0.4 is 0 Å². The summed E-state index contributed by atoms with van der Waals surface area (Å²) in [5.41, 5.74) is -0.527. The lowest BCUT2D eigenvalue weighted by atomic mass is 10.2. The second kappa shape index (κ2) is 5.14. The summed E-state index contributed by atoms with van der Waals surface area (Å²) in [6.45, 7) is 10.7. The Kier molecular flexibility index (Phi) is 4.78. The standard InChI is InChI=1S/C11H21NO3/c1-8(2)12(7-9(3)13)10(14)15-11(4,5)6/h8H,7H2,1-6H3. The highest BCUT2D eigenvalue weighted by Gasteiger charge is 2.24. The first-order valence-electron chi connectivity index (χ1n) is 5.12. The molecule has 0 aliphatic rings. The van der Waals surface area contributed by atoms with Gasteiger partial charge in [0.05, 0.1) is 6.54 Å². The van der Waals surface area contributed by atoms with Crippen LogP contribution in [0.2, 0.25) is 0 Å². The summed E-state index contributed by atoms with van der Waals surface area (Å²) >= 11 is 0. The van der Waals surface area contributed by atoms with Crippen molar-refractivity contribution in [3.05, 3.63) is 0 Å². The topological polar surface area (TPSA) is 46.6 Å². The molecule has 0 aromatic heterocycles. The third-order valence-electron chi connectivity index (χ3n) is 1.64. The molecule has 0 bridgehead atoms. The first kappa shape index (κ1) is 13.9. The maximum absolute atomic E-state index is 11.7. The Labute approximate surface area is 91.6 Å². The monoisotopic (exact) mass is 215 g/mol. The van der Waals surface area contributed by atoms with Gasteiger partial charge in [-0.3, -0.25) is 9.69 Å². The lowest BCUT2D eigenvalue weighted by Gasteiger charge is -2.29. The van der Waals surface area contributed by atoms with Crippen molar-refractivity contribution in [1.29, 1.82) is 0 Å². The molecule has 0 N–H and O–H groups in total. The number of ether oxygens (including phenoxy) is 1. The highest BCUT2D eigenvalue weighted by atomic mass is 16.6. The zero-order valence-electron chi connectivity index (χ0n) is 10.5. The number of nitrogens with zero attached hydrogens (tertiary/aromatic N) is 1. The summed E-state index contributed by atoms with van der Waals surface area (Å²) in [6.07, 6.45) is -0.437. The minimum atomic E-state index is -0.527. The van der Waals surface area contributed by atoms with Crippen LogP contribution in [0.5, 0.6) is 0 Å². The van der Waals surface area contributed by atoms with E-state index in [9.17, 15) is 9.59 Å². The van der Waals surface area contributed by atoms with E-state index >= 15 is 0 Å². The minimum absolute atomic E-state index is 0.0382. The molecule has 0 aliphatic heterocycles. The molecule has 0 aromatic carbocycles. The summed E-state index contributed by atoms with van der Waals surface area (Å²) in [5, 5.41) is 0. The van der Waals surface area contributed by atoms with E-state index in [0.29, 0.717) is 0 Å². The van der Waals surface area contributed by atoms with E-state index in [1.807, 2.05) is 13.8 Å². The number of carbonyl (C=O) groups excluding carboxylic acids is 2. The first-order chi connectivity index (χ1) is 6.63. The number of rotatable bonds is 3. The molecule has 4 nitrogen and oxygen atoms in total. The molecular weight excluding hydrogens is 194 g/mol. The van der Waals surface area contributed by atoms with E-state index in [1.165, 1.54) is 11.8 Å². The summed E-state index contributed by atoms with van der Waals surface area (Å²) in [6, 6.07) is -0.0382. The van der Waals surface area contributed by atoms with Crippen LogP contribution in [-0.4, -0.2) is 35.0 Å². The van der Waals surface area contributed by atoms with Gasteiger partial charge in [0.1, 0.15) is 11.4 Å². The average Bonchev–Trinajstić information content (AvgIpc) is 1.95. The quantitative estimate of drug-likeness (QED) is 0.725. The largest absolute Gasteiger partial charge is 0.444 e. The molecule has 0 fully saturated rings. The predicted molar refractivity (Wildman–Crippen MR) is 58.8 cm³/mol. The molecule has 0 atom stereocenters. The van der Waals surface area contributed by atoms with Crippen LogP contribution in [0.3, 0.4) is 0 Å². The fraction of sp³-hybridized carbons (Fsp3) is 0.818. The van der Waals surface area contributed by atoms with Crippen molar-refractivity contribution in [2.75, 3.05) is 6.54 Å². The normalized spacial score (nSPS) is 11.4. The number of hydrogen-bond acceptors (Lipinski definition) is 3. The summed E-state index contributed by atoms with van der Waals surface area (Å²) in [4.78, 5) is 24.1. The molecule has 1 amide bonds. The Bertz CT molecular complexity index is 241. The highest BCUT2D eigenvalue weighted by molar-refractivity contribution is 5.82. The molecule has 0 spiro atoms. The molecule has 0 radical (unpaired) electrons. The lowest BCUT2D eigenvalue weighted by Crippen LogP contribution is -2.43. The predicted octanol–water partition coefficient (Wildman–Crippen LogP) is 2.22. The van der Waals surface area contributed by atoms with E-state index in [-0.39, 0.29) is 18.4 Å². The molecule has 88 valence electrons. The van der Waals surface area contributed by atoms with Crippen molar-refractivity contribution < 1.29 is 14.3 Å². The van der Waals surface area contributed by atoms with E-state index in [2.05, 4.69) is 0 Å². The summed E-state index contributed by atoms with van der Waals surface area (Å²) in [7, 11) is 0. The van der Waals surface area contributed by atoms with Gasteiger partial charge in [-0.05, 0) is 41.5 Å². The van der Waals surface area contributed by atoms with Crippen LogP contribution in [0.1, 0.15) is 41.5 Å². The molecule has 0 aromatic rings. The van der Waals surface area contributed by atoms with Crippen molar-refractivity contribution >= 4 is 11.9 Å². The molecular formula is C11H21NO3. The smallest absolute Gasteiger partial charge is 0.410 e. The number of ketones is 1. The van der Waals surface area contributed by atoms with E-state index in [4.69, 9.17) is 4.74 Å². The maximum Gasteiger partial charge on any atom is 0.410 e. The van der Waals surface area contributed by atoms with Gasteiger partial charge < -0.3 is 4.74 Å². The van der Waals surface area contributed by atoms with Gasteiger partial charge in [0, 0.05) is 6.04 Å². The Balaban J connectivity index is 4.50. The summed E-state index contributed by atoms with van der Waals surface area (Å²) in [5.74, 6) is -0.0467. The minimum Gasteiger partial charge on any atom is -0.444 e. The molecule has 0 aliphatic carbocycles. The fourth-order valence-electron chi connectivity index (χ4n) is 1.02. The van der Waals surface area contributed by atoms with Gasteiger partial charge >= 0.3 is 6.09 Å². The molecule has 4 heteroatoms. The molecule has 0 saturated carbocycles. The van der Waals surface area contributed by atoms with E-state index in [0.717, 1.165) is 0 Å². The Morgan fingerprint density at radius 3 is 2.00 bits per heavy atom. The Morgan fingerprint density at radius 1 is 1.27 bits per heavy atom. The van der Waals surface area contributed by atoms with Crippen LogP contribution in [0, 0.1) is 0 Å². The number of hydrogen-bond donors (Lipinski definition) is 0.